The third kappa shape index (κ3) is 5.11. The predicted molar refractivity (Wildman–Crippen MR) is 111 cm³/mol. The highest BCUT2D eigenvalue weighted by atomic mass is 16.6. The largest absolute Gasteiger partial charge is 0.392 e. The monoisotopic (exact) mass is 396 g/mol. The second-order valence-electron chi connectivity index (χ2n) is 8.77. The van der Waals surface area contributed by atoms with E-state index in [1.54, 1.807) is 27.7 Å². The van der Waals surface area contributed by atoms with E-state index in [2.05, 4.69) is 13.0 Å². The maximum Gasteiger partial charge on any atom is 0.180 e. The van der Waals surface area contributed by atoms with Crippen LogP contribution in [0.2, 0.25) is 0 Å². The maximum absolute atomic E-state index is 13.1. The Hall–Kier alpha value is -1.04. The lowest BCUT2D eigenvalue weighted by Gasteiger charge is -2.51. The van der Waals surface area contributed by atoms with Gasteiger partial charge >= 0.3 is 0 Å². The summed E-state index contributed by atoms with van der Waals surface area (Å²) in [6.45, 7) is 14.7. The first-order valence-electron chi connectivity index (χ1n) is 10.7. The molecule has 162 valence electrons. The summed E-state index contributed by atoms with van der Waals surface area (Å²) in [5.74, 6) is -4.34. The Kier molecular flexibility index (Phi) is 9.04. The SMILES string of the molecule is CC/C=C(\C)C[C@@H](C)C(=O)[C@H](C)[C@@]1(O)O[C@@H]([C@H](C)C(=O)CC)[C@H](C)[C@H](O)[C@@H]1C. The Labute approximate surface area is 170 Å². The quantitative estimate of drug-likeness (QED) is 0.577. The van der Waals surface area contributed by atoms with Gasteiger partial charge < -0.3 is 14.9 Å². The highest BCUT2D eigenvalue weighted by Gasteiger charge is 2.56. The van der Waals surface area contributed by atoms with Crippen LogP contribution in [0.25, 0.3) is 0 Å². The Balaban J connectivity index is 3.11. The Morgan fingerprint density at radius 2 is 1.75 bits per heavy atom. The van der Waals surface area contributed by atoms with Crippen molar-refractivity contribution in [2.45, 2.75) is 92.6 Å². The molecule has 1 aliphatic heterocycles. The molecule has 1 heterocycles. The van der Waals surface area contributed by atoms with Gasteiger partial charge in [-0.1, -0.05) is 60.1 Å². The number of allylic oxidation sites excluding steroid dienone is 2. The number of hydrogen-bond acceptors (Lipinski definition) is 5. The molecule has 8 atom stereocenters. The minimum Gasteiger partial charge on any atom is -0.392 e. The molecule has 2 N–H and O–H groups in total. The standard InChI is InChI=1S/C23H40O5/c1-9-11-13(3)12-14(4)20(25)17(7)23(27)18(8)21(26)16(6)22(28-23)15(5)19(24)10-2/h11,14-18,21-22,26-27H,9-10,12H2,1-8H3/b13-11+/t14-,15-,16-,17+,18+,21+,22+,23-/m1/s1. The highest BCUT2D eigenvalue weighted by molar-refractivity contribution is 5.84. The molecule has 0 saturated carbocycles. The summed E-state index contributed by atoms with van der Waals surface area (Å²) in [5.41, 5.74) is 1.15. The van der Waals surface area contributed by atoms with Crippen LogP contribution in [0.15, 0.2) is 11.6 Å². The molecule has 0 unspecified atom stereocenters. The summed E-state index contributed by atoms with van der Waals surface area (Å²) in [6, 6.07) is 0. The van der Waals surface area contributed by atoms with Gasteiger partial charge in [0, 0.05) is 30.1 Å². The van der Waals surface area contributed by atoms with Gasteiger partial charge in [0.1, 0.15) is 11.6 Å². The van der Waals surface area contributed by atoms with Crippen molar-refractivity contribution < 1.29 is 24.5 Å². The molecule has 0 amide bonds. The van der Waals surface area contributed by atoms with Gasteiger partial charge in [-0.05, 0) is 19.8 Å². The van der Waals surface area contributed by atoms with Crippen molar-refractivity contribution in [3.8, 4) is 0 Å². The van der Waals surface area contributed by atoms with Crippen LogP contribution >= 0.6 is 0 Å². The van der Waals surface area contributed by atoms with Gasteiger partial charge in [-0.3, -0.25) is 9.59 Å². The fraction of sp³-hybridized carbons (Fsp3) is 0.826. The van der Waals surface area contributed by atoms with E-state index in [1.807, 2.05) is 20.8 Å². The summed E-state index contributed by atoms with van der Waals surface area (Å²) >= 11 is 0. The smallest absolute Gasteiger partial charge is 0.180 e. The van der Waals surface area contributed by atoms with Crippen LogP contribution in [0.5, 0.6) is 0 Å². The molecule has 0 aromatic carbocycles. The van der Waals surface area contributed by atoms with Crippen LogP contribution in [-0.2, 0) is 14.3 Å². The van der Waals surface area contributed by atoms with Crippen LogP contribution in [-0.4, -0.2) is 39.8 Å². The zero-order chi connectivity index (χ0) is 21.8. The molecular formula is C23H40O5. The molecule has 0 aliphatic carbocycles. The first kappa shape index (κ1) is 25.0. The number of hydrogen-bond donors (Lipinski definition) is 2. The van der Waals surface area contributed by atoms with Gasteiger partial charge in [-0.15, -0.1) is 0 Å². The molecule has 0 spiro atoms. The van der Waals surface area contributed by atoms with Crippen molar-refractivity contribution in [2.75, 3.05) is 0 Å². The van der Waals surface area contributed by atoms with E-state index in [9.17, 15) is 19.8 Å². The lowest BCUT2D eigenvalue weighted by Crippen LogP contribution is -2.63. The number of rotatable bonds is 9. The van der Waals surface area contributed by atoms with Gasteiger partial charge in [-0.2, -0.15) is 0 Å². The van der Waals surface area contributed by atoms with Crippen molar-refractivity contribution in [3.63, 3.8) is 0 Å². The molecule has 0 aromatic heterocycles. The number of Topliss-reactive ketones (excluding diaryl/α,β-unsaturated/α-hetero) is 2. The third-order valence-electron chi connectivity index (χ3n) is 6.61. The average Bonchev–Trinajstić information content (AvgIpc) is 2.66. The maximum atomic E-state index is 13.1. The lowest BCUT2D eigenvalue weighted by atomic mass is 9.71. The summed E-state index contributed by atoms with van der Waals surface area (Å²) in [5, 5.41) is 22.2. The van der Waals surface area contributed by atoms with E-state index in [-0.39, 0.29) is 23.4 Å². The summed E-state index contributed by atoms with van der Waals surface area (Å²) in [6.07, 6.45) is 2.53. The van der Waals surface area contributed by atoms with Gasteiger partial charge in [0.25, 0.3) is 0 Å². The van der Waals surface area contributed by atoms with E-state index in [4.69, 9.17) is 4.74 Å². The lowest BCUT2D eigenvalue weighted by molar-refractivity contribution is -0.337. The molecule has 5 heteroatoms. The number of aliphatic hydroxyl groups is 2. The fourth-order valence-electron chi connectivity index (χ4n) is 4.53. The summed E-state index contributed by atoms with van der Waals surface area (Å²) in [4.78, 5) is 25.3. The number of aliphatic hydroxyl groups excluding tert-OH is 1. The highest BCUT2D eigenvalue weighted by Crippen LogP contribution is 2.43. The van der Waals surface area contributed by atoms with E-state index >= 15 is 0 Å². The molecule has 1 rings (SSSR count). The van der Waals surface area contributed by atoms with Crippen molar-refractivity contribution in [3.05, 3.63) is 11.6 Å². The molecule has 0 radical (unpaired) electrons. The van der Waals surface area contributed by atoms with E-state index in [0.29, 0.717) is 12.8 Å². The summed E-state index contributed by atoms with van der Waals surface area (Å²) < 4.78 is 6.08. The molecule has 1 fully saturated rings. The molecule has 5 nitrogen and oxygen atoms in total. The van der Waals surface area contributed by atoms with Gasteiger partial charge in [0.15, 0.2) is 5.79 Å². The van der Waals surface area contributed by atoms with Crippen LogP contribution in [0.4, 0.5) is 0 Å². The van der Waals surface area contributed by atoms with Crippen LogP contribution in [0, 0.1) is 29.6 Å². The van der Waals surface area contributed by atoms with Crippen molar-refractivity contribution in [1.29, 1.82) is 0 Å². The van der Waals surface area contributed by atoms with Crippen molar-refractivity contribution in [1.82, 2.24) is 0 Å². The van der Waals surface area contributed by atoms with E-state index in [1.165, 1.54) is 0 Å². The number of carbonyl (C=O) groups excluding carboxylic acids is 2. The minimum absolute atomic E-state index is 0.0219. The van der Waals surface area contributed by atoms with Crippen LogP contribution in [0.3, 0.4) is 0 Å². The van der Waals surface area contributed by atoms with Crippen molar-refractivity contribution in [2.24, 2.45) is 29.6 Å². The van der Waals surface area contributed by atoms with Crippen molar-refractivity contribution >= 4 is 11.6 Å². The van der Waals surface area contributed by atoms with Crippen LogP contribution in [0.1, 0.15) is 74.7 Å². The van der Waals surface area contributed by atoms with Gasteiger partial charge in [-0.25, -0.2) is 0 Å². The molecular weight excluding hydrogens is 356 g/mol. The molecule has 28 heavy (non-hydrogen) atoms. The fourth-order valence-corrected chi connectivity index (χ4v) is 4.53. The first-order chi connectivity index (χ1) is 12.9. The van der Waals surface area contributed by atoms with Crippen LogP contribution < -0.4 is 0 Å². The Morgan fingerprint density at radius 3 is 2.25 bits per heavy atom. The number of carbonyl (C=O) groups is 2. The normalized spacial score (nSPS) is 34.6. The molecule has 0 bridgehead atoms. The average molecular weight is 397 g/mol. The number of ether oxygens (including phenoxy) is 1. The summed E-state index contributed by atoms with van der Waals surface area (Å²) in [7, 11) is 0. The Bertz CT molecular complexity index is 584. The predicted octanol–water partition coefficient (Wildman–Crippen LogP) is 3.91. The van der Waals surface area contributed by atoms with E-state index in [0.717, 1.165) is 12.0 Å². The zero-order valence-electron chi connectivity index (χ0n) is 18.9. The molecule has 0 aromatic rings. The first-order valence-corrected chi connectivity index (χ1v) is 10.7. The molecule has 1 saturated heterocycles. The van der Waals surface area contributed by atoms with Gasteiger partial charge in [0.05, 0.1) is 18.1 Å². The molecule has 1 aliphatic rings. The Morgan fingerprint density at radius 1 is 1.18 bits per heavy atom. The van der Waals surface area contributed by atoms with E-state index < -0.39 is 35.7 Å². The zero-order valence-corrected chi connectivity index (χ0v) is 18.9. The second kappa shape index (κ2) is 10.1. The second-order valence-corrected chi connectivity index (χ2v) is 8.77. The topological polar surface area (TPSA) is 83.8 Å². The minimum atomic E-state index is -1.80. The third-order valence-corrected chi connectivity index (χ3v) is 6.61. The number of ketones is 2. The van der Waals surface area contributed by atoms with Gasteiger partial charge in [0.2, 0.25) is 0 Å².